The zero-order chi connectivity index (χ0) is 10.8. The zero-order valence-corrected chi connectivity index (χ0v) is 10.1. The summed E-state index contributed by atoms with van der Waals surface area (Å²) >= 11 is 6.15. The minimum absolute atomic E-state index is 0.791. The van der Waals surface area contributed by atoms with Crippen LogP contribution >= 0.6 is 11.6 Å². The molecule has 4 heteroatoms. The molecule has 1 aromatic rings. The molecule has 0 spiro atoms. The number of aromatic nitrogens is 2. The lowest BCUT2D eigenvalue weighted by Crippen LogP contribution is -2.17. The van der Waals surface area contributed by atoms with Gasteiger partial charge in [0.15, 0.2) is 0 Å². The summed E-state index contributed by atoms with van der Waals surface area (Å²) in [5.41, 5.74) is 2.27. The van der Waals surface area contributed by atoms with Crippen LogP contribution in [0.2, 0.25) is 5.15 Å². The highest BCUT2D eigenvalue weighted by Crippen LogP contribution is 2.21. The quantitative estimate of drug-likeness (QED) is 0.781. The number of hydrogen-bond acceptors (Lipinski definition) is 2. The summed E-state index contributed by atoms with van der Waals surface area (Å²) in [4.78, 5) is 0. The maximum atomic E-state index is 6.15. The summed E-state index contributed by atoms with van der Waals surface area (Å²) in [6, 6.07) is 0.801. The second-order valence-corrected chi connectivity index (χ2v) is 4.67. The molecule has 0 bridgehead atoms. The predicted molar refractivity (Wildman–Crippen MR) is 62.3 cm³/mol. The Morgan fingerprint density at radius 1 is 1.53 bits per heavy atom. The Balaban J connectivity index is 1.81. The lowest BCUT2D eigenvalue weighted by atomic mass is 10.1. The monoisotopic (exact) mass is 227 g/mol. The van der Waals surface area contributed by atoms with Crippen molar-refractivity contribution >= 4 is 11.6 Å². The third-order valence-corrected chi connectivity index (χ3v) is 3.36. The Morgan fingerprint density at radius 3 is 2.80 bits per heavy atom. The molecule has 1 fully saturated rings. The molecule has 0 saturated heterocycles. The van der Waals surface area contributed by atoms with E-state index in [4.69, 9.17) is 11.6 Å². The molecule has 15 heavy (non-hydrogen) atoms. The van der Waals surface area contributed by atoms with Crippen LogP contribution in [-0.2, 0) is 13.5 Å². The van der Waals surface area contributed by atoms with E-state index in [9.17, 15) is 0 Å². The number of halogens is 1. The van der Waals surface area contributed by atoms with Gasteiger partial charge < -0.3 is 5.32 Å². The first-order valence-corrected chi connectivity index (χ1v) is 5.97. The highest BCUT2D eigenvalue weighted by molar-refractivity contribution is 6.30. The van der Waals surface area contributed by atoms with Gasteiger partial charge in [-0.05, 0) is 39.2 Å². The van der Waals surface area contributed by atoms with E-state index in [1.807, 2.05) is 14.0 Å². The average Bonchev–Trinajstić information content (AvgIpc) is 2.96. The minimum Gasteiger partial charge on any atom is -0.314 e. The Bertz CT molecular complexity index is 342. The third-order valence-electron chi connectivity index (χ3n) is 2.88. The van der Waals surface area contributed by atoms with Gasteiger partial charge in [0.1, 0.15) is 5.15 Å². The van der Waals surface area contributed by atoms with E-state index in [2.05, 4.69) is 10.4 Å². The number of rotatable bonds is 5. The van der Waals surface area contributed by atoms with Crippen molar-refractivity contribution in [2.45, 2.75) is 38.6 Å². The van der Waals surface area contributed by atoms with Crippen molar-refractivity contribution in [3.05, 3.63) is 16.4 Å². The third kappa shape index (κ3) is 2.73. The van der Waals surface area contributed by atoms with Crippen LogP contribution in [0.25, 0.3) is 0 Å². The van der Waals surface area contributed by atoms with E-state index < -0.39 is 0 Å². The molecule has 0 aromatic carbocycles. The lowest BCUT2D eigenvalue weighted by Gasteiger charge is -2.02. The molecule has 0 aliphatic heterocycles. The van der Waals surface area contributed by atoms with Gasteiger partial charge in [0.25, 0.3) is 0 Å². The first-order valence-electron chi connectivity index (χ1n) is 5.60. The van der Waals surface area contributed by atoms with Crippen LogP contribution < -0.4 is 5.32 Å². The minimum atomic E-state index is 0.791. The van der Waals surface area contributed by atoms with Crippen LogP contribution in [0.1, 0.15) is 30.5 Å². The second kappa shape index (κ2) is 4.54. The molecule has 1 heterocycles. The molecule has 1 aliphatic rings. The van der Waals surface area contributed by atoms with Gasteiger partial charge in [-0.25, -0.2) is 0 Å². The van der Waals surface area contributed by atoms with Crippen LogP contribution in [0.4, 0.5) is 0 Å². The highest BCUT2D eigenvalue weighted by atomic mass is 35.5. The van der Waals surface area contributed by atoms with Gasteiger partial charge in [0, 0.05) is 18.7 Å². The molecule has 1 saturated carbocycles. The number of aryl methyl sites for hydroxylation is 2. The van der Waals surface area contributed by atoms with Crippen molar-refractivity contribution in [2.75, 3.05) is 6.54 Å². The predicted octanol–water partition coefficient (Wildman–Crippen LogP) is 2.07. The van der Waals surface area contributed by atoms with Crippen molar-refractivity contribution in [2.24, 2.45) is 7.05 Å². The molecule has 1 aliphatic carbocycles. The van der Waals surface area contributed by atoms with E-state index in [-0.39, 0.29) is 0 Å². The lowest BCUT2D eigenvalue weighted by molar-refractivity contribution is 0.645. The van der Waals surface area contributed by atoms with Crippen molar-refractivity contribution in [1.29, 1.82) is 0 Å². The largest absolute Gasteiger partial charge is 0.314 e. The Hall–Kier alpha value is -0.540. The van der Waals surface area contributed by atoms with E-state index in [1.54, 1.807) is 4.68 Å². The molecule has 1 N–H and O–H groups in total. The summed E-state index contributed by atoms with van der Waals surface area (Å²) in [5, 5.41) is 8.59. The van der Waals surface area contributed by atoms with Gasteiger partial charge in [-0.15, -0.1) is 0 Å². The van der Waals surface area contributed by atoms with Gasteiger partial charge in [-0.2, -0.15) is 5.10 Å². The number of nitrogens with one attached hydrogen (secondary N) is 1. The SMILES string of the molecule is Cc1nn(C)c(Cl)c1CCCNC1CC1. The fourth-order valence-corrected chi connectivity index (χ4v) is 2.09. The standard InChI is InChI=1S/C11H18ClN3/c1-8-10(11(12)15(2)14-8)4-3-7-13-9-5-6-9/h9,13H,3-7H2,1-2H3. The topological polar surface area (TPSA) is 29.9 Å². The number of nitrogens with zero attached hydrogens (tertiary/aromatic N) is 2. The highest BCUT2D eigenvalue weighted by Gasteiger charge is 2.19. The second-order valence-electron chi connectivity index (χ2n) is 4.31. The molecule has 0 unspecified atom stereocenters. The van der Waals surface area contributed by atoms with Gasteiger partial charge in [0.05, 0.1) is 5.69 Å². The molecule has 3 nitrogen and oxygen atoms in total. The van der Waals surface area contributed by atoms with Crippen LogP contribution in [-0.4, -0.2) is 22.4 Å². The molecule has 0 amide bonds. The first-order chi connectivity index (χ1) is 7.18. The van der Waals surface area contributed by atoms with Crippen molar-refractivity contribution in [3.8, 4) is 0 Å². The Morgan fingerprint density at radius 2 is 2.27 bits per heavy atom. The summed E-state index contributed by atoms with van der Waals surface area (Å²) in [6.45, 7) is 3.12. The van der Waals surface area contributed by atoms with E-state index in [1.165, 1.54) is 18.4 Å². The summed E-state index contributed by atoms with van der Waals surface area (Å²) in [6.07, 6.45) is 4.88. The van der Waals surface area contributed by atoms with Crippen molar-refractivity contribution < 1.29 is 0 Å². The fraction of sp³-hybridized carbons (Fsp3) is 0.727. The van der Waals surface area contributed by atoms with Crippen LogP contribution in [0.15, 0.2) is 0 Å². The van der Waals surface area contributed by atoms with Crippen molar-refractivity contribution in [3.63, 3.8) is 0 Å². The van der Waals surface area contributed by atoms with Crippen LogP contribution in [0, 0.1) is 6.92 Å². The molecule has 2 rings (SSSR count). The zero-order valence-electron chi connectivity index (χ0n) is 9.39. The molecule has 84 valence electrons. The maximum absolute atomic E-state index is 6.15. The normalized spacial score (nSPS) is 15.9. The summed E-state index contributed by atoms with van der Waals surface area (Å²) < 4.78 is 1.75. The fourth-order valence-electron chi connectivity index (χ4n) is 1.82. The number of hydrogen-bond donors (Lipinski definition) is 1. The Labute approximate surface area is 95.8 Å². The van der Waals surface area contributed by atoms with Crippen LogP contribution in [0.3, 0.4) is 0 Å². The van der Waals surface area contributed by atoms with Gasteiger partial charge in [0.2, 0.25) is 0 Å². The van der Waals surface area contributed by atoms with Gasteiger partial charge >= 0.3 is 0 Å². The molecule has 1 aromatic heterocycles. The summed E-state index contributed by atoms with van der Waals surface area (Å²) in [7, 11) is 1.89. The molecular formula is C11H18ClN3. The van der Waals surface area contributed by atoms with Gasteiger partial charge in [-0.3, -0.25) is 4.68 Å². The first kappa shape index (κ1) is 11.0. The van der Waals surface area contributed by atoms with E-state index in [0.29, 0.717) is 0 Å². The summed E-state index contributed by atoms with van der Waals surface area (Å²) in [5.74, 6) is 0. The maximum Gasteiger partial charge on any atom is 0.130 e. The Kier molecular flexibility index (Phi) is 3.32. The van der Waals surface area contributed by atoms with Crippen LogP contribution in [0.5, 0.6) is 0 Å². The van der Waals surface area contributed by atoms with Gasteiger partial charge in [-0.1, -0.05) is 11.6 Å². The van der Waals surface area contributed by atoms with E-state index >= 15 is 0 Å². The molecule has 0 radical (unpaired) electrons. The molecule has 0 atom stereocenters. The van der Waals surface area contributed by atoms with E-state index in [0.717, 1.165) is 36.3 Å². The average molecular weight is 228 g/mol. The molecular weight excluding hydrogens is 210 g/mol. The smallest absolute Gasteiger partial charge is 0.130 e. The van der Waals surface area contributed by atoms with Crippen molar-refractivity contribution in [1.82, 2.24) is 15.1 Å².